The van der Waals surface area contributed by atoms with Gasteiger partial charge >= 0.3 is 0 Å². The maximum absolute atomic E-state index is 6.29. The molecule has 34 heavy (non-hydrogen) atoms. The Bertz CT molecular complexity index is 1590. The minimum absolute atomic E-state index is 0.0223. The minimum atomic E-state index is 0.0223. The van der Waals surface area contributed by atoms with Crippen LogP contribution in [0.1, 0.15) is 12.5 Å². The van der Waals surface area contributed by atoms with Gasteiger partial charge in [0, 0.05) is 19.9 Å². The Morgan fingerprint density at radius 3 is 2.35 bits per heavy atom. The summed E-state index contributed by atoms with van der Waals surface area (Å²) in [5.74, 6) is 0.949. The van der Waals surface area contributed by atoms with E-state index in [1.807, 2.05) is 12.1 Å². The molecule has 0 aliphatic carbocycles. The summed E-state index contributed by atoms with van der Waals surface area (Å²) in [5.41, 5.74) is 7.89. The Morgan fingerprint density at radius 1 is 0.735 bits per heavy atom. The molecule has 1 unspecified atom stereocenters. The third-order valence-electron chi connectivity index (χ3n) is 6.38. The highest BCUT2D eigenvalue weighted by Gasteiger charge is 2.19. The number of furan rings is 1. The molecule has 1 aliphatic rings. The number of para-hydroxylation sites is 1. The lowest BCUT2D eigenvalue weighted by Crippen LogP contribution is -2.09. The van der Waals surface area contributed by atoms with E-state index in [0.717, 1.165) is 28.7 Å². The van der Waals surface area contributed by atoms with Crippen LogP contribution in [0.4, 0.5) is 0 Å². The molecule has 5 aromatic rings. The molecule has 0 saturated heterocycles. The van der Waals surface area contributed by atoms with E-state index in [2.05, 4.69) is 121 Å². The number of allylic oxidation sites excluding steroid dienone is 3. The summed E-state index contributed by atoms with van der Waals surface area (Å²) in [4.78, 5) is 0. The van der Waals surface area contributed by atoms with Crippen molar-refractivity contribution in [3.8, 4) is 28.0 Å². The number of hydrogen-bond acceptors (Lipinski definition) is 2. The molecule has 2 heterocycles. The smallest absolute Gasteiger partial charge is 0.136 e. The van der Waals surface area contributed by atoms with Gasteiger partial charge in [0.15, 0.2) is 0 Å². The van der Waals surface area contributed by atoms with Gasteiger partial charge in [-0.3, -0.25) is 0 Å². The second-order valence-electron chi connectivity index (χ2n) is 8.57. The van der Waals surface area contributed by atoms with Gasteiger partial charge in [-0.15, -0.1) is 0 Å². The molecular formula is C31H23IO2. The van der Waals surface area contributed by atoms with Gasteiger partial charge in [0.05, 0.1) is 0 Å². The topological polar surface area (TPSA) is 22.4 Å². The van der Waals surface area contributed by atoms with Crippen molar-refractivity contribution < 1.29 is 9.15 Å². The van der Waals surface area contributed by atoms with Gasteiger partial charge in [-0.05, 0) is 82.5 Å². The van der Waals surface area contributed by atoms with Gasteiger partial charge in [-0.1, -0.05) is 78.9 Å². The largest absolute Gasteiger partial charge is 0.486 e. The molecule has 0 amide bonds. The molecule has 0 bridgehead atoms. The zero-order valence-electron chi connectivity index (χ0n) is 18.8. The molecule has 0 radical (unpaired) electrons. The Labute approximate surface area is 212 Å². The lowest BCUT2D eigenvalue weighted by atomic mass is 9.92. The fourth-order valence-electron chi connectivity index (χ4n) is 4.81. The SMILES string of the molecule is CC1/C=C\C=C/Cc2c(cccc2-c2cccc(-c3cccc4oc5ccccc5c34)c2I)O1. The number of hydrogen-bond donors (Lipinski definition) is 0. The Kier molecular flexibility index (Phi) is 5.50. The number of rotatable bonds is 2. The molecule has 0 spiro atoms. The first-order chi connectivity index (χ1) is 16.7. The lowest BCUT2D eigenvalue weighted by molar-refractivity contribution is 0.268. The van der Waals surface area contributed by atoms with Gasteiger partial charge in [0.25, 0.3) is 0 Å². The maximum atomic E-state index is 6.29. The van der Waals surface area contributed by atoms with Gasteiger partial charge in [0.1, 0.15) is 23.0 Å². The minimum Gasteiger partial charge on any atom is -0.486 e. The monoisotopic (exact) mass is 554 g/mol. The molecule has 0 N–H and O–H groups in total. The fraction of sp³-hybridized carbons (Fsp3) is 0.0968. The number of benzene rings is 4. The van der Waals surface area contributed by atoms with Crippen LogP contribution in [0.2, 0.25) is 0 Å². The van der Waals surface area contributed by atoms with E-state index in [0.29, 0.717) is 0 Å². The van der Waals surface area contributed by atoms with Crippen LogP contribution in [0.5, 0.6) is 5.75 Å². The summed E-state index contributed by atoms with van der Waals surface area (Å²) < 4.78 is 13.7. The van der Waals surface area contributed by atoms with Crippen LogP contribution in [0, 0.1) is 3.57 Å². The number of ether oxygens (including phenoxy) is 1. The van der Waals surface area contributed by atoms with Crippen molar-refractivity contribution >= 4 is 44.5 Å². The van der Waals surface area contributed by atoms with Crippen molar-refractivity contribution in [3.63, 3.8) is 0 Å². The van der Waals surface area contributed by atoms with Crippen LogP contribution in [-0.4, -0.2) is 6.10 Å². The molecule has 3 heteroatoms. The van der Waals surface area contributed by atoms with Crippen molar-refractivity contribution in [2.45, 2.75) is 19.4 Å². The first kappa shape index (κ1) is 21.2. The molecule has 6 rings (SSSR count). The lowest BCUT2D eigenvalue weighted by Gasteiger charge is -2.19. The van der Waals surface area contributed by atoms with Crippen LogP contribution in [0.3, 0.4) is 0 Å². The van der Waals surface area contributed by atoms with Crippen LogP contribution in [0.25, 0.3) is 44.2 Å². The molecular weight excluding hydrogens is 531 g/mol. The Balaban J connectivity index is 1.56. The second kappa shape index (κ2) is 8.80. The maximum Gasteiger partial charge on any atom is 0.136 e. The van der Waals surface area contributed by atoms with E-state index >= 15 is 0 Å². The first-order valence-corrected chi connectivity index (χ1v) is 12.6. The molecule has 1 aliphatic heterocycles. The van der Waals surface area contributed by atoms with E-state index in [1.165, 1.54) is 36.8 Å². The molecule has 0 saturated carbocycles. The highest BCUT2D eigenvalue weighted by atomic mass is 127. The van der Waals surface area contributed by atoms with E-state index < -0.39 is 0 Å². The quantitative estimate of drug-likeness (QED) is 0.203. The predicted octanol–water partition coefficient (Wildman–Crippen LogP) is 8.96. The summed E-state index contributed by atoms with van der Waals surface area (Å²) in [6.07, 6.45) is 9.31. The van der Waals surface area contributed by atoms with Crippen LogP contribution in [0.15, 0.2) is 108 Å². The second-order valence-corrected chi connectivity index (χ2v) is 9.65. The van der Waals surface area contributed by atoms with Crippen molar-refractivity contribution in [2.24, 2.45) is 0 Å². The highest BCUT2D eigenvalue weighted by molar-refractivity contribution is 14.1. The molecule has 1 aromatic heterocycles. The average molecular weight is 554 g/mol. The summed E-state index contributed by atoms with van der Waals surface area (Å²) >= 11 is 2.50. The normalized spacial score (nSPS) is 17.4. The van der Waals surface area contributed by atoms with E-state index in [9.17, 15) is 0 Å². The highest BCUT2D eigenvalue weighted by Crippen LogP contribution is 2.42. The van der Waals surface area contributed by atoms with Crippen molar-refractivity contribution in [2.75, 3.05) is 0 Å². The van der Waals surface area contributed by atoms with Crippen LogP contribution < -0.4 is 4.74 Å². The molecule has 1 atom stereocenters. The summed E-state index contributed by atoms with van der Waals surface area (Å²) in [7, 11) is 0. The van der Waals surface area contributed by atoms with E-state index in [4.69, 9.17) is 9.15 Å². The van der Waals surface area contributed by atoms with Crippen molar-refractivity contribution in [1.82, 2.24) is 0 Å². The number of halogens is 1. The van der Waals surface area contributed by atoms with Gasteiger partial charge in [-0.25, -0.2) is 0 Å². The molecule has 4 aromatic carbocycles. The van der Waals surface area contributed by atoms with Gasteiger partial charge in [0.2, 0.25) is 0 Å². The fourth-order valence-corrected chi connectivity index (χ4v) is 5.75. The molecule has 166 valence electrons. The third-order valence-corrected chi connectivity index (χ3v) is 7.54. The third kappa shape index (κ3) is 3.64. The van der Waals surface area contributed by atoms with Crippen molar-refractivity contribution in [1.29, 1.82) is 0 Å². The van der Waals surface area contributed by atoms with Gasteiger partial charge in [-0.2, -0.15) is 0 Å². The van der Waals surface area contributed by atoms with Crippen molar-refractivity contribution in [3.05, 3.63) is 112 Å². The Hall–Kier alpha value is -3.31. The zero-order valence-corrected chi connectivity index (χ0v) is 21.0. The predicted molar refractivity (Wildman–Crippen MR) is 149 cm³/mol. The zero-order chi connectivity index (χ0) is 23.1. The summed E-state index contributed by atoms with van der Waals surface area (Å²) in [6, 6.07) is 27.6. The molecule has 0 fully saturated rings. The van der Waals surface area contributed by atoms with E-state index in [-0.39, 0.29) is 6.10 Å². The summed E-state index contributed by atoms with van der Waals surface area (Å²) in [6.45, 7) is 2.08. The summed E-state index contributed by atoms with van der Waals surface area (Å²) in [5, 5.41) is 2.31. The Morgan fingerprint density at radius 2 is 1.44 bits per heavy atom. The molecule has 2 nitrogen and oxygen atoms in total. The van der Waals surface area contributed by atoms with E-state index in [1.54, 1.807) is 0 Å². The van der Waals surface area contributed by atoms with Crippen LogP contribution in [-0.2, 0) is 6.42 Å². The first-order valence-electron chi connectivity index (χ1n) is 11.5. The van der Waals surface area contributed by atoms with Crippen LogP contribution >= 0.6 is 22.6 Å². The number of fused-ring (bicyclic) bond motifs is 4. The standard InChI is InChI=1S/C31H23IO2/c1-20-10-3-2-4-11-22-21(13-8-18-27(22)33-20)24-15-7-16-25(31(24)32)23-14-9-19-29-30(23)26-12-5-6-17-28(26)34-29/h2-10,12-20H,11H2,1H3/b4-2-,10-3-. The average Bonchev–Trinajstić information content (AvgIpc) is 3.27. The van der Waals surface area contributed by atoms with Gasteiger partial charge < -0.3 is 9.15 Å².